The van der Waals surface area contributed by atoms with E-state index < -0.39 is 0 Å². The summed E-state index contributed by atoms with van der Waals surface area (Å²) in [4.78, 5) is 4.33. The van der Waals surface area contributed by atoms with Crippen molar-refractivity contribution in [2.75, 3.05) is 13.1 Å². The number of guanidine groups is 1. The lowest BCUT2D eigenvalue weighted by Gasteiger charge is -2.23. The van der Waals surface area contributed by atoms with Crippen molar-refractivity contribution in [2.24, 2.45) is 16.6 Å². The zero-order valence-corrected chi connectivity index (χ0v) is 12.2. The van der Waals surface area contributed by atoms with Crippen molar-refractivity contribution < 1.29 is 4.39 Å². The molecule has 1 aromatic carbocycles. The number of hydrogen-bond acceptors (Lipinski definition) is 1. The van der Waals surface area contributed by atoms with Crippen LogP contribution in [-0.4, -0.2) is 19.0 Å². The predicted octanol–water partition coefficient (Wildman–Crippen LogP) is 2.66. The molecule has 3 nitrogen and oxygen atoms in total. The van der Waals surface area contributed by atoms with E-state index in [2.05, 4.69) is 24.2 Å². The quantitative estimate of drug-likeness (QED) is 0.635. The van der Waals surface area contributed by atoms with E-state index in [4.69, 9.17) is 5.73 Å². The number of hydrogen-bond donors (Lipinski definition) is 2. The monoisotopic (exact) mass is 265 g/mol. The number of nitrogens with one attached hydrogen (secondary N) is 1. The smallest absolute Gasteiger partial charge is 0.188 e. The van der Waals surface area contributed by atoms with Crippen LogP contribution in [0.4, 0.5) is 4.39 Å². The number of nitrogens with two attached hydrogens (primary N) is 1. The molecular formula is C15H24FN3. The lowest BCUT2D eigenvalue weighted by molar-refractivity contribution is 0.529. The summed E-state index contributed by atoms with van der Waals surface area (Å²) in [6.45, 7) is 9.60. The highest BCUT2D eigenvalue weighted by Gasteiger charge is 2.20. The standard InChI is InChI=1S/C15H24FN3/c1-11(2)9-18-14(17)19-10-15(3,4)12-6-5-7-13(16)8-12/h5-8,11H,9-10H2,1-4H3,(H3,17,18,19). The van der Waals surface area contributed by atoms with Gasteiger partial charge in [-0.3, -0.25) is 4.99 Å². The van der Waals surface area contributed by atoms with Crippen LogP contribution in [-0.2, 0) is 5.41 Å². The molecule has 0 aliphatic heterocycles. The first-order valence-corrected chi connectivity index (χ1v) is 6.61. The van der Waals surface area contributed by atoms with Crippen LogP contribution in [0.5, 0.6) is 0 Å². The first kappa shape index (κ1) is 15.5. The van der Waals surface area contributed by atoms with Crippen molar-refractivity contribution in [3.8, 4) is 0 Å². The minimum atomic E-state index is -0.244. The van der Waals surface area contributed by atoms with E-state index in [1.54, 1.807) is 12.1 Å². The van der Waals surface area contributed by atoms with Gasteiger partial charge in [-0.2, -0.15) is 0 Å². The van der Waals surface area contributed by atoms with E-state index in [1.807, 2.05) is 19.9 Å². The van der Waals surface area contributed by atoms with E-state index in [0.29, 0.717) is 18.4 Å². The van der Waals surface area contributed by atoms with E-state index in [-0.39, 0.29) is 11.2 Å². The Hall–Kier alpha value is -1.58. The van der Waals surface area contributed by atoms with Gasteiger partial charge in [0.25, 0.3) is 0 Å². The highest BCUT2D eigenvalue weighted by molar-refractivity contribution is 5.77. The highest BCUT2D eigenvalue weighted by atomic mass is 19.1. The van der Waals surface area contributed by atoms with Crippen LogP contribution >= 0.6 is 0 Å². The fourth-order valence-corrected chi connectivity index (χ4v) is 1.65. The summed E-state index contributed by atoms with van der Waals surface area (Å²) in [6.07, 6.45) is 0. The molecule has 0 aliphatic carbocycles. The first-order valence-electron chi connectivity index (χ1n) is 6.61. The third kappa shape index (κ3) is 5.28. The number of rotatable bonds is 5. The van der Waals surface area contributed by atoms with Crippen molar-refractivity contribution in [3.05, 3.63) is 35.6 Å². The summed E-state index contributed by atoms with van der Waals surface area (Å²) in [7, 11) is 0. The molecule has 0 fully saturated rings. The number of nitrogens with zero attached hydrogens (tertiary/aromatic N) is 1. The summed E-state index contributed by atoms with van der Waals surface area (Å²) in [5.41, 5.74) is 6.48. The van der Waals surface area contributed by atoms with Gasteiger partial charge in [-0.25, -0.2) is 4.39 Å². The number of benzene rings is 1. The second-order valence-electron chi connectivity index (χ2n) is 5.87. The van der Waals surface area contributed by atoms with Crippen LogP contribution in [0.3, 0.4) is 0 Å². The molecule has 0 amide bonds. The van der Waals surface area contributed by atoms with Crippen molar-refractivity contribution >= 4 is 5.96 Å². The topological polar surface area (TPSA) is 50.4 Å². The van der Waals surface area contributed by atoms with E-state index in [0.717, 1.165) is 12.1 Å². The largest absolute Gasteiger partial charge is 0.370 e. The average Bonchev–Trinajstić information content (AvgIpc) is 2.34. The Morgan fingerprint density at radius 3 is 2.68 bits per heavy atom. The maximum atomic E-state index is 13.2. The Balaban J connectivity index is 2.66. The van der Waals surface area contributed by atoms with Crippen LogP contribution in [0.15, 0.2) is 29.3 Å². The Kier molecular flexibility index (Phi) is 5.33. The fourth-order valence-electron chi connectivity index (χ4n) is 1.65. The van der Waals surface area contributed by atoms with Gasteiger partial charge in [-0.05, 0) is 23.6 Å². The van der Waals surface area contributed by atoms with Crippen LogP contribution in [0.2, 0.25) is 0 Å². The molecule has 0 saturated carbocycles. The number of aliphatic imine (C=N–C) groups is 1. The molecule has 106 valence electrons. The molecule has 0 bridgehead atoms. The third-order valence-corrected chi connectivity index (χ3v) is 2.94. The van der Waals surface area contributed by atoms with Crippen LogP contribution < -0.4 is 11.1 Å². The Morgan fingerprint density at radius 2 is 2.11 bits per heavy atom. The van der Waals surface area contributed by atoms with E-state index in [9.17, 15) is 4.39 Å². The SMILES string of the molecule is CC(C)CNC(N)=NCC(C)(C)c1cccc(F)c1. The second-order valence-corrected chi connectivity index (χ2v) is 5.87. The van der Waals surface area contributed by atoms with Crippen molar-refractivity contribution in [1.82, 2.24) is 5.32 Å². The third-order valence-electron chi connectivity index (χ3n) is 2.94. The lowest BCUT2D eigenvalue weighted by Crippen LogP contribution is -2.35. The van der Waals surface area contributed by atoms with E-state index in [1.165, 1.54) is 6.07 Å². The second kappa shape index (κ2) is 6.55. The van der Waals surface area contributed by atoms with Gasteiger partial charge in [-0.15, -0.1) is 0 Å². The normalized spacial score (nSPS) is 12.8. The summed E-state index contributed by atoms with van der Waals surface area (Å²) in [5, 5.41) is 3.07. The van der Waals surface area contributed by atoms with Gasteiger partial charge in [0.1, 0.15) is 5.82 Å². The molecule has 1 aromatic rings. The Bertz CT molecular complexity index is 439. The molecule has 0 heterocycles. The van der Waals surface area contributed by atoms with Crippen LogP contribution in [0, 0.1) is 11.7 Å². The van der Waals surface area contributed by atoms with Crippen molar-refractivity contribution in [1.29, 1.82) is 0 Å². The summed E-state index contributed by atoms with van der Waals surface area (Å²) < 4.78 is 13.2. The molecule has 4 heteroatoms. The van der Waals surface area contributed by atoms with Gasteiger partial charge in [0.15, 0.2) is 5.96 Å². The van der Waals surface area contributed by atoms with Crippen molar-refractivity contribution in [3.63, 3.8) is 0 Å². The van der Waals surface area contributed by atoms with Gasteiger partial charge in [0.2, 0.25) is 0 Å². The van der Waals surface area contributed by atoms with Gasteiger partial charge in [0.05, 0.1) is 6.54 Å². The summed E-state index contributed by atoms with van der Waals surface area (Å²) in [5.74, 6) is 0.739. The first-order chi connectivity index (χ1) is 8.81. The molecule has 0 aromatic heterocycles. The molecule has 0 unspecified atom stereocenters. The molecular weight excluding hydrogens is 241 g/mol. The van der Waals surface area contributed by atoms with Gasteiger partial charge < -0.3 is 11.1 Å². The minimum absolute atomic E-state index is 0.222. The van der Waals surface area contributed by atoms with Gasteiger partial charge in [0, 0.05) is 12.0 Å². The Morgan fingerprint density at radius 1 is 1.42 bits per heavy atom. The minimum Gasteiger partial charge on any atom is -0.370 e. The van der Waals surface area contributed by atoms with Crippen molar-refractivity contribution in [2.45, 2.75) is 33.1 Å². The van der Waals surface area contributed by atoms with Crippen LogP contribution in [0.1, 0.15) is 33.3 Å². The molecule has 0 spiro atoms. The molecule has 0 radical (unpaired) electrons. The average molecular weight is 265 g/mol. The maximum absolute atomic E-state index is 13.2. The molecule has 19 heavy (non-hydrogen) atoms. The molecule has 0 aliphatic rings. The zero-order chi connectivity index (χ0) is 14.5. The maximum Gasteiger partial charge on any atom is 0.188 e. The highest BCUT2D eigenvalue weighted by Crippen LogP contribution is 2.23. The molecule has 0 saturated heterocycles. The predicted molar refractivity (Wildman–Crippen MR) is 78.8 cm³/mol. The lowest BCUT2D eigenvalue weighted by atomic mass is 9.85. The summed E-state index contributed by atoms with van der Waals surface area (Å²) >= 11 is 0. The number of halogens is 1. The zero-order valence-electron chi connectivity index (χ0n) is 12.2. The summed E-state index contributed by atoms with van der Waals surface area (Å²) in [6, 6.07) is 6.63. The van der Waals surface area contributed by atoms with Gasteiger partial charge >= 0.3 is 0 Å². The van der Waals surface area contributed by atoms with Gasteiger partial charge in [-0.1, -0.05) is 39.8 Å². The van der Waals surface area contributed by atoms with E-state index >= 15 is 0 Å². The molecule has 0 atom stereocenters. The molecule has 3 N–H and O–H groups in total. The Labute approximate surface area is 115 Å². The molecule has 1 rings (SSSR count). The fraction of sp³-hybridized carbons (Fsp3) is 0.533. The van der Waals surface area contributed by atoms with Crippen LogP contribution in [0.25, 0.3) is 0 Å².